The Labute approximate surface area is 170 Å². The van der Waals surface area contributed by atoms with Gasteiger partial charge in [0.2, 0.25) is 10.0 Å². The fraction of sp³-hybridized carbons (Fsp3) is 0.381. The second-order valence-electron chi connectivity index (χ2n) is 7.17. The highest BCUT2D eigenvalue weighted by atomic mass is 32.2. The van der Waals surface area contributed by atoms with Crippen molar-refractivity contribution in [3.05, 3.63) is 53.1 Å². The molecule has 0 atom stereocenters. The van der Waals surface area contributed by atoms with Gasteiger partial charge in [-0.1, -0.05) is 6.07 Å². The average Bonchev–Trinajstić information content (AvgIpc) is 3.22. The van der Waals surface area contributed by atoms with Crippen molar-refractivity contribution in [1.82, 2.24) is 4.31 Å². The lowest BCUT2D eigenvalue weighted by Gasteiger charge is -2.26. The molecule has 0 bridgehead atoms. The van der Waals surface area contributed by atoms with Crippen molar-refractivity contribution in [2.24, 2.45) is 0 Å². The molecule has 0 spiro atoms. The Hall–Kier alpha value is -2.42. The molecule has 154 valence electrons. The Morgan fingerprint density at radius 3 is 2.59 bits per heavy atom. The van der Waals surface area contributed by atoms with Crippen molar-refractivity contribution in [3.8, 4) is 5.75 Å². The maximum Gasteiger partial charge on any atom is 0.255 e. The molecule has 2 aromatic carbocycles. The Kier molecular flexibility index (Phi) is 5.58. The monoisotopic (exact) mass is 416 g/mol. The second-order valence-corrected chi connectivity index (χ2v) is 9.08. The van der Waals surface area contributed by atoms with Crippen LogP contribution in [-0.2, 0) is 27.6 Å². The minimum Gasteiger partial charge on any atom is -0.495 e. The molecule has 1 N–H and O–H groups in total. The van der Waals surface area contributed by atoms with Gasteiger partial charge < -0.3 is 14.8 Å². The summed E-state index contributed by atoms with van der Waals surface area (Å²) in [6.45, 7) is 1.29. The summed E-state index contributed by atoms with van der Waals surface area (Å²) in [5.74, 6) is -0.0217. The average molecular weight is 416 g/mol. The van der Waals surface area contributed by atoms with Crippen molar-refractivity contribution in [1.29, 1.82) is 0 Å². The quantitative estimate of drug-likeness (QED) is 0.809. The minimum atomic E-state index is -3.76. The van der Waals surface area contributed by atoms with Gasteiger partial charge in [0, 0.05) is 24.3 Å². The smallest absolute Gasteiger partial charge is 0.255 e. The van der Waals surface area contributed by atoms with E-state index in [9.17, 15) is 13.2 Å². The number of benzene rings is 2. The number of sulfonamides is 1. The third kappa shape index (κ3) is 4.01. The molecule has 0 unspecified atom stereocenters. The zero-order valence-corrected chi connectivity index (χ0v) is 17.1. The highest BCUT2D eigenvalue weighted by molar-refractivity contribution is 7.89. The Morgan fingerprint density at radius 1 is 1.07 bits per heavy atom. The van der Waals surface area contributed by atoms with E-state index in [1.54, 1.807) is 12.1 Å². The van der Waals surface area contributed by atoms with Gasteiger partial charge in [-0.3, -0.25) is 4.79 Å². The zero-order chi connectivity index (χ0) is 20.4. The third-order valence-electron chi connectivity index (χ3n) is 5.37. The van der Waals surface area contributed by atoms with E-state index in [2.05, 4.69) is 5.32 Å². The summed E-state index contributed by atoms with van der Waals surface area (Å²) in [5.41, 5.74) is 3.48. The van der Waals surface area contributed by atoms with E-state index in [1.807, 2.05) is 18.2 Å². The van der Waals surface area contributed by atoms with Crippen LogP contribution in [-0.4, -0.2) is 52.0 Å². The van der Waals surface area contributed by atoms with Crippen LogP contribution in [0.5, 0.6) is 5.75 Å². The van der Waals surface area contributed by atoms with Crippen LogP contribution in [0.2, 0.25) is 0 Å². The van der Waals surface area contributed by atoms with Gasteiger partial charge in [0.25, 0.3) is 5.91 Å². The van der Waals surface area contributed by atoms with E-state index in [-0.39, 0.29) is 29.6 Å². The maximum absolute atomic E-state index is 13.1. The van der Waals surface area contributed by atoms with Crippen molar-refractivity contribution >= 4 is 21.6 Å². The third-order valence-corrected chi connectivity index (χ3v) is 7.29. The summed E-state index contributed by atoms with van der Waals surface area (Å²) in [4.78, 5) is 12.7. The molecule has 4 rings (SSSR count). The molecule has 0 saturated carbocycles. The first-order valence-electron chi connectivity index (χ1n) is 9.68. The number of morpholine rings is 1. The van der Waals surface area contributed by atoms with Crippen LogP contribution in [0.1, 0.15) is 27.9 Å². The van der Waals surface area contributed by atoms with Crippen molar-refractivity contribution in [2.75, 3.05) is 38.7 Å². The highest BCUT2D eigenvalue weighted by Gasteiger charge is 2.29. The number of hydrogen-bond acceptors (Lipinski definition) is 5. The van der Waals surface area contributed by atoms with Gasteiger partial charge in [-0.25, -0.2) is 8.42 Å². The molecule has 2 aliphatic rings. The minimum absolute atomic E-state index is 0.0358. The molecule has 7 nitrogen and oxygen atoms in total. The largest absolute Gasteiger partial charge is 0.495 e. The van der Waals surface area contributed by atoms with E-state index in [0.29, 0.717) is 24.5 Å². The van der Waals surface area contributed by atoms with Crippen molar-refractivity contribution in [2.45, 2.75) is 24.2 Å². The van der Waals surface area contributed by atoms with Crippen LogP contribution in [0, 0.1) is 0 Å². The lowest BCUT2D eigenvalue weighted by molar-refractivity contribution is 0.0729. The SMILES string of the molecule is COc1ccc(NC(=O)c2ccc3c(c2)CCC3)cc1S(=O)(=O)N1CCOCC1. The number of amides is 1. The lowest BCUT2D eigenvalue weighted by Crippen LogP contribution is -2.40. The number of nitrogens with zero attached hydrogens (tertiary/aromatic N) is 1. The molecule has 1 amide bonds. The molecule has 2 aromatic rings. The van der Waals surface area contributed by atoms with Crippen LogP contribution in [0.15, 0.2) is 41.3 Å². The Balaban J connectivity index is 1.60. The fourth-order valence-corrected chi connectivity index (χ4v) is 5.39. The van der Waals surface area contributed by atoms with E-state index in [4.69, 9.17) is 9.47 Å². The number of ether oxygens (including phenoxy) is 2. The molecule has 1 aliphatic carbocycles. The summed E-state index contributed by atoms with van der Waals surface area (Å²) >= 11 is 0. The van der Waals surface area contributed by atoms with E-state index >= 15 is 0 Å². The predicted molar refractivity (Wildman–Crippen MR) is 109 cm³/mol. The second kappa shape index (κ2) is 8.14. The first-order valence-corrected chi connectivity index (χ1v) is 11.1. The molecule has 8 heteroatoms. The molecular formula is C21H24N2O5S. The van der Waals surface area contributed by atoms with Crippen LogP contribution < -0.4 is 10.1 Å². The van der Waals surface area contributed by atoms with E-state index in [0.717, 1.165) is 19.3 Å². The Morgan fingerprint density at radius 2 is 1.83 bits per heavy atom. The summed E-state index contributed by atoms with van der Waals surface area (Å²) in [7, 11) is -2.33. The number of methoxy groups -OCH3 is 1. The molecule has 1 aliphatic heterocycles. The van der Waals surface area contributed by atoms with E-state index in [1.165, 1.54) is 28.6 Å². The van der Waals surface area contributed by atoms with Gasteiger partial charge in [0.1, 0.15) is 10.6 Å². The normalized spacial score (nSPS) is 17.0. The van der Waals surface area contributed by atoms with Gasteiger partial charge >= 0.3 is 0 Å². The van der Waals surface area contributed by atoms with Crippen LogP contribution in [0.4, 0.5) is 5.69 Å². The van der Waals surface area contributed by atoms with Crippen LogP contribution in [0.3, 0.4) is 0 Å². The molecule has 0 aromatic heterocycles. The Bertz CT molecular complexity index is 1030. The predicted octanol–water partition coefficient (Wildman–Crippen LogP) is 2.46. The van der Waals surface area contributed by atoms with Crippen LogP contribution in [0.25, 0.3) is 0 Å². The summed E-state index contributed by atoms with van der Waals surface area (Å²) in [6.07, 6.45) is 3.15. The molecular weight excluding hydrogens is 392 g/mol. The van der Waals surface area contributed by atoms with Gasteiger partial charge in [-0.15, -0.1) is 0 Å². The topological polar surface area (TPSA) is 84.9 Å². The molecule has 1 heterocycles. The van der Waals surface area contributed by atoms with E-state index < -0.39 is 10.0 Å². The molecule has 1 fully saturated rings. The number of anilines is 1. The highest BCUT2D eigenvalue weighted by Crippen LogP contribution is 2.30. The molecule has 0 radical (unpaired) electrons. The number of nitrogens with one attached hydrogen (secondary N) is 1. The first-order chi connectivity index (χ1) is 14.0. The lowest BCUT2D eigenvalue weighted by atomic mass is 10.1. The number of fused-ring (bicyclic) bond motifs is 1. The standard InChI is InChI=1S/C21H24N2O5S/c1-27-19-8-7-18(14-20(19)29(25,26)23-9-11-28-12-10-23)22-21(24)17-6-5-15-3-2-4-16(15)13-17/h5-8,13-14H,2-4,9-12H2,1H3,(H,22,24). The number of carbonyl (C=O) groups is 1. The number of rotatable bonds is 5. The summed E-state index contributed by atoms with van der Waals surface area (Å²) in [6, 6.07) is 10.4. The van der Waals surface area contributed by atoms with Crippen molar-refractivity contribution in [3.63, 3.8) is 0 Å². The summed E-state index contributed by atoms with van der Waals surface area (Å²) < 4.78 is 38.1. The van der Waals surface area contributed by atoms with Gasteiger partial charge in [0.15, 0.2) is 0 Å². The molecule has 29 heavy (non-hydrogen) atoms. The van der Waals surface area contributed by atoms with Crippen molar-refractivity contribution < 1.29 is 22.7 Å². The number of carbonyl (C=O) groups excluding carboxylic acids is 1. The fourth-order valence-electron chi connectivity index (χ4n) is 3.80. The molecule has 1 saturated heterocycles. The van der Waals surface area contributed by atoms with Gasteiger partial charge in [-0.05, 0) is 60.7 Å². The number of hydrogen-bond donors (Lipinski definition) is 1. The number of aryl methyl sites for hydroxylation is 2. The summed E-state index contributed by atoms with van der Waals surface area (Å²) in [5, 5.41) is 2.81. The van der Waals surface area contributed by atoms with Crippen LogP contribution >= 0.6 is 0 Å². The van der Waals surface area contributed by atoms with Gasteiger partial charge in [-0.2, -0.15) is 4.31 Å². The maximum atomic E-state index is 13.1. The van der Waals surface area contributed by atoms with Gasteiger partial charge in [0.05, 0.1) is 20.3 Å². The first kappa shape index (κ1) is 19.9. The zero-order valence-electron chi connectivity index (χ0n) is 16.3.